The third kappa shape index (κ3) is 6.35. The highest BCUT2D eigenvalue weighted by Crippen LogP contribution is 2.36. The number of hydrogen-bond acceptors (Lipinski definition) is 5. The van der Waals surface area contributed by atoms with Gasteiger partial charge in [0.15, 0.2) is 0 Å². The van der Waals surface area contributed by atoms with Gasteiger partial charge in [0, 0.05) is 44.8 Å². The van der Waals surface area contributed by atoms with E-state index in [-0.39, 0.29) is 11.3 Å². The summed E-state index contributed by atoms with van der Waals surface area (Å²) >= 11 is 0. The molecule has 1 amide bonds. The van der Waals surface area contributed by atoms with E-state index in [0.717, 1.165) is 48.5 Å². The number of amides is 1. The maximum Gasteiger partial charge on any atom is 0.233 e. The van der Waals surface area contributed by atoms with Crippen LogP contribution in [0.5, 0.6) is 0 Å². The highest BCUT2D eigenvalue weighted by atomic mass is 16.5. The van der Waals surface area contributed by atoms with Crippen LogP contribution in [0.25, 0.3) is 11.3 Å². The van der Waals surface area contributed by atoms with Crippen LogP contribution in [0.1, 0.15) is 65.4 Å². The molecule has 0 aliphatic carbocycles. The topological polar surface area (TPSA) is 58.8 Å². The summed E-state index contributed by atoms with van der Waals surface area (Å²) < 4.78 is 11.2. The Hall–Kier alpha value is -2.34. The molecule has 0 radical (unpaired) electrons. The molecule has 2 heterocycles. The molecule has 1 fully saturated rings. The lowest BCUT2D eigenvalue weighted by Crippen LogP contribution is -2.39. The predicted octanol–water partition coefficient (Wildman–Crippen LogP) is 5.52. The summed E-state index contributed by atoms with van der Waals surface area (Å²) in [5, 5.41) is 4.50. The number of anilines is 1. The quantitative estimate of drug-likeness (QED) is 0.480. The minimum absolute atomic E-state index is 0.0717. The van der Waals surface area contributed by atoms with Crippen LogP contribution in [0.15, 0.2) is 34.9 Å². The van der Waals surface area contributed by atoms with E-state index >= 15 is 0 Å². The third-order valence-electron chi connectivity index (χ3n) is 6.04. The van der Waals surface area contributed by atoms with Gasteiger partial charge in [0.2, 0.25) is 11.8 Å². The number of benzene rings is 1. The molecule has 0 bridgehead atoms. The van der Waals surface area contributed by atoms with Gasteiger partial charge in [0.25, 0.3) is 0 Å². The lowest BCUT2D eigenvalue weighted by atomic mass is 9.91. The molecule has 0 N–H and O–H groups in total. The summed E-state index contributed by atoms with van der Waals surface area (Å²) in [4.78, 5) is 17.6. The molecule has 1 aliphatic rings. The number of aromatic nitrogens is 1. The molecule has 1 saturated heterocycles. The summed E-state index contributed by atoms with van der Waals surface area (Å²) in [7, 11) is 1.70. The zero-order valence-electron chi connectivity index (χ0n) is 20.4. The van der Waals surface area contributed by atoms with Crippen molar-refractivity contribution >= 4 is 11.8 Å². The van der Waals surface area contributed by atoms with Gasteiger partial charge in [-0.15, -0.1) is 0 Å². The van der Waals surface area contributed by atoms with Crippen molar-refractivity contribution in [2.75, 3.05) is 31.7 Å². The second-order valence-corrected chi connectivity index (χ2v) is 10.1. The van der Waals surface area contributed by atoms with Crippen molar-refractivity contribution in [3.63, 3.8) is 0 Å². The normalized spacial score (nSPS) is 16.9. The fourth-order valence-corrected chi connectivity index (χ4v) is 4.34. The molecule has 1 atom stereocenters. The minimum Gasteiger partial charge on any atom is -0.385 e. The Bertz CT molecular complexity index is 857. The zero-order valence-corrected chi connectivity index (χ0v) is 20.4. The second kappa shape index (κ2) is 11.0. The first-order valence-corrected chi connectivity index (χ1v) is 11.9. The number of nitrogens with zero attached hydrogens (tertiary/aromatic N) is 3. The second-order valence-electron chi connectivity index (χ2n) is 10.1. The van der Waals surface area contributed by atoms with Crippen molar-refractivity contribution in [1.82, 2.24) is 10.1 Å². The van der Waals surface area contributed by atoms with Gasteiger partial charge in [-0.25, -0.2) is 0 Å². The molecule has 3 rings (SSSR count). The highest BCUT2D eigenvalue weighted by molar-refractivity contribution is 5.78. The van der Waals surface area contributed by atoms with Gasteiger partial charge in [-0.3, -0.25) is 4.79 Å². The zero-order chi connectivity index (χ0) is 23.1. The minimum atomic E-state index is -0.0717. The average molecular weight is 442 g/mol. The Balaban J connectivity index is 1.97. The van der Waals surface area contributed by atoms with Gasteiger partial charge in [0.05, 0.1) is 12.1 Å². The summed E-state index contributed by atoms with van der Waals surface area (Å²) in [5.74, 6) is 0.975. The van der Waals surface area contributed by atoms with Gasteiger partial charge in [-0.2, -0.15) is 0 Å². The maximum absolute atomic E-state index is 13.3. The molecular weight excluding hydrogens is 402 g/mol. The van der Waals surface area contributed by atoms with Crippen molar-refractivity contribution < 1.29 is 14.1 Å². The summed E-state index contributed by atoms with van der Waals surface area (Å²) in [6.07, 6.45) is 4.82. The number of carbonyl (C=O) groups excluding carboxylic acids is 1. The summed E-state index contributed by atoms with van der Waals surface area (Å²) in [5.41, 5.74) is 2.78. The molecule has 0 spiro atoms. The maximum atomic E-state index is 13.3. The van der Waals surface area contributed by atoms with Crippen LogP contribution in [0.3, 0.4) is 0 Å². The molecule has 1 aromatic heterocycles. The molecule has 176 valence electrons. The molecule has 6 heteroatoms. The fraction of sp³-hybridized carbons (Fsp3) is 0.615. The van der Waals surface area contributed by atoms with E-state index in [9.17, 15) is 4.79 Å². The van der Waals surface area contributed by atoms with E-state index in [1.807, 2.05) is 23.1 Å². The molecule has 6 nitrogen and oxygen atoms in total. The van der Waals surface area contributed by atoms with E-state index in [2.05, 4.69) is 49.9 Å². The first-order chi connectivity index (χ1) is 15.3. The Morgan fingerprint density at radius 1 is 1.25 bits per heavy atom. The Morgan fingerprint density at radius 2 is 2.00 bits per heavy atom. The van der Waals surface area contributed by atoms with Gasteiger partial charge >= 0.3 is 0 Å². The van der Waals surface area contributed by atoms with Crippen LogP contribution in [-0.2, 0) is 16.1 Å². The third-order valence-corrected chi connectivity index (χ3v) is 6.04. The van der Waals surface area contributed by atoms with Crippen molar-refractivity contribution in [2.24, 2.45) is 5.41 Å². The number of piperidine rings is 1. The molecular formula is C26H39N3O3. The van der Waals surface area contributed by atoms with E-state index in [1.165, 1.54) is 6.42 Å². The highest BCUT2D eigenvalue weighted by Gasteiger charge is 2.30. The van der Waals surface area contributed by atoms with Crippen LogP contribution in [-0.4, -0.2) is 48.8 Å². The number of ether oxygens (including phenoxy) is 1. The van der Waals surface area contributed by atoms with Gasteiger partial charge < -0.3 is 19.1 Å². The number of carbonyl (C=O) groups is 1. The van der Waals surface area contributed by atoms with E-state index in [4.69, 9.17) is 9.26 Å². The molecule has 0 saturated carbocycles. The standard InChI is InChI=1S/C26H39N3O3/c1-20-12-9-10-16-29(20)25-22(24(27-32-25)21-13-7-6-8-14-21)19-28(15-11-17-31-5)23(30)18-26(2,3)4/h6-8,13-14,20H,9-12,15-19H2,1-5H3. The monoisotopic (exact) mass is 441 g/mol. The fourth-order valence-electron chi connectivity index (χ4n) is 4.34. The Morgan fingerprint density at radius 3 is 2.66 bits per heavy atom. The number of methoxy groups -OCH3 is 1. The van der Waals surface area contributed by atoms with Crippen molar-refractivity contribution in [3.05, 3.63) is 35.9 Å². The van der Waals surface area contributed by atoms with Gasteiger partial charge in [-0.1, -0.05) is 56.3 Å². The van der Waals surface area contributed by atoms with Crippen molar-refractivity contribution in [3.8, 4) is 11.3 Å². The van der Waals surface area contributed by atoms with Crippen LogP contribution in [0.2, 0.25) is 0 Å². The Labute approximate surface area is 192 Å². The van der Waals surface area contributed by atoms with Crippen LogP contribution in [0.4, 0.5) is 5.88 Å². The molecule has 1 aliphatic heterocycles. The molecule has 2 aromatic rings. The molecule has 1 aromatic carbocycles. The smallest absolute Gasteiger partial charge is 0.233 e. The van der Waals surface area contributed by atoms with Crippen LogP contribution in [0, 0.1) is 5.41 Å². The lowest BCUT2D eigenvalue weighted by molar-refractivity contribution is -0.133. The number of hydrogen-bond donors (Lipinski definition) is 0. The van der Waals surface area contributed by atoms with E-state index < -0.39 is 0 Å². The summed E-state index contributed by atoms with van der Waals surface area (Å²) in [6.45, 7) is 11.3. The van der Waals surface area contributed by atoms with Gasteiger partial charge in [0.1, 0.15) is 5.69 Å². The Kier molecular flexibility index (Phi) is 8.35. The SMILES string of the molecule is COCCCN(Cc1c(-c2ccccc2)noc1N1CCCCC1C)C(=O)CC(C)(C)C. The molecule has 1 unspecified atom stereocenters. The van der Waals surface area contributed by atoms with E-state index in [0.29, 0.717) is 32.2 Å². The first-order valence-electron chi connectivity index (χ1n) is 11.9. The molecule has 32 heavy (non-hydrogen) atoms. The van der Waals surface area contributed by atoms with Crippen molar-refractivity contribution in [1.29, 1.82) is 0 Å². The summed E-state index contributed by atoms with van der Waals surface area (Å²) in [6, 6.07) is 10.5. The lowest BCUT2D eigenvalue weighted by Gasteiger charge is -2.34. The van der Waals surface area contributed by atoms with Crippen LogP contribution >= 0.6 is 0 Å². The average Bonchev–Trinajstić information content (AvgIpc) is 3.16. The van der Waals surface area contributed by atoms with E-state index in [1.54, 1.807) is 7.11 Å². The van der Waals surface area contributed by atoms with Crippen molar-refractivity contribution in [2.45, 2.75) is 72.4 Å². The first kappa shape index (κ1) is 24.3. The van der Waals surface area contributed by atoms with Crippen LogP contribution < -0.4 is 4.90 Å². The predicted molar refractivity (Wildman–Crippen MR) is 129 cm³/mol. The largest absolute Gasteiger partial charge is 0.385 e. The van der Waals surface area contributed by atoms with Gasteiger partial charge in [-0.05, 0) is 38.0 Å². The number of rotatable bonds is 9.